The summed E-state index contributed by atoms with van der Waals surface area (Å²) in [6.07, 6.45) is 2.62. The highest BCUT2D eigenvalue weighted by molar-refractivity contribution is 9.10. The van der Waals surface area contributed by atoms with Crippen LogP contribution in [-0.2, 0) is 6.42 Å². The second-order valence-corrected chi connectivity index (χ2v) is 4.13. The van der Waals surface area contributed by atoms with Gasteiger partial charge in [0, 0.05) is 22.7 Å². The average molecular weight is 243 g/mol. The summed E-state index contributed by atoms with van der Waals surface area (Å²) < 4.78 is 1.05. The highest BCUT2D eigenvalue weighted by Gasteiger charge is 2.18. The molecule has 2 nitrogen and oxygen atoms in total. The monoisotopic (exact) mass is 242 g/mol. The maximum atomic E-state index is 5.06. The van der Waals surface area contributed by atoms with Crippen molar-refractivity contribution in [3.05, 3.63) is 21.8 Å². The second-order valence-electron chi connectivity index (χ2n) is 2.78. The standard InChI is InChI=1S/C8H7BrN2S/c1-4-5-2-7(12)11-8(5)10-3-6(4)9/h3H,2H2,1H3,(H,10,11,12). The Morgan fingerprint density at radius 1 is 1.67 bits per heavy atom. The highest BCUT2D eigenvalue weighted by Crippen LogP contribution is 2.28. The zero-order valence-electron chi connectivity index (χ0n) is 6.52. The molecule has 1 N–H and O–H groups in total. The van der Waals surface area contributed by atoms with Crippen molar-refractivity contribution < 1.29 is 0 Å². The minimum atomic E-state index is 0.822. The Labute approximate surface area is 84.5 Å². The van der Waals surface area contributed by atoms with E-state index < -0.39 is 0 Å². The molecule has 0 radical (unpaired) electrons. The maximum Gasteiger partial charge on any atom is 0.134 e. The van der Waals surface area contributed by atoms with Crippen molar-refractivity contribution in [3.8, 4) is 0 Å². The van der Waals surface area contributed by atoms with E-state index in [1.54, 1.807) is 6.20 Å². The molecule has 62 valence electrons. The third-order valence-corrected chi connectivity index (χ3v) is 3.04. The minimum Gasteiger partial charge on any atom is -0.334 e. The summed E-state index contributed by atoms with van der Waals surface area (Å²) in [6, 6.07) is 0. The van der Waals surface area contributed by atoms with Crippen molar-refractivity contribution >= 4 is 39.0 Å². The van der Waals surface area contributed by atoms with Crippen molar-refractivity contribution in [2.24, 2.45) is 0 Å². The number of fused-ring (bicyclic) bond motifs is 1. The van der Waals surface area contributed by atoms with Crippen molar-refractivity contribution in [1.82, 2.24) is 4.98 Å². The first-order valence-corrected chi connectivity index (χ1v) is 4.82. The summed E-state index contributed by atoms with van der Waals surface area (Å²) in [5, 5.41) is 3.06. The molecule has 0 bridgehead atoms. The molecular formula is C8H7BrN2S. The number of hydrogen-bond donors (Lipinski definition) is 1. The lowest BCUT2D eigenvalue weighted by atomic mass is 10.1. The van der Waals surface area contributed by atoms with Gasteiger partial charge in [-0.1, -0.05) is 12.2 Å². The Balaban J connectivity index is 2.61. The molecule has 4 heteroatoms. The first-order chi connectivity index (χ1) is 5.68. The second kappa shape index (κ2) is 2.78. The summed E-state index contributed by atoms with van der Waals surface area (Å²) in [5.74, 6) is 0.917. The molecule has 0 fully saturated rings. The molecule has 0 amide bonds. The van der Waals surface area contributed by atoms with Crippen LogP contribution in [0.3, 0.4) is 0 Å². The van der Waals surface area contributed by atoms with Gasteiger partial charge in [-0.3, -0.25) is 0 Å². The van der Waals surface area contributed by atoms with Crippen LogP contribution in [0.5, 0.6) is 0 Å². The number of hydrogen-bond acceptors (Lipinski definition) is 2. The lowest BCUT2D eigenvalue weighted by molar-refractivity contribution is 1.21. The first kappa shape index (κ1) is 8.13. The Kier molecular flexibility index (Phi) is 1.88. The molecule has 0 saturated heterocycles. The highest BCUT2D eigenvalue weighted by atomic mass is 79.9. The van der Waals surface area contributed by atoms with Gasteiger partial charge in [0.1, 0.15) is 5.82 Å². The molecule has 12 heavy (non-hydrogen) atoms. The van der Waals surface area contributed by atoms with Crippen LogP contribution in [0, 0.1) is 6.92 Å². The van der Waals surface area contributed by atoms with E-state index in [-0.39, 0.29) is 0 Å². The molecule has 1 aromatic rings. The largest absolute Gasteiger partial charge is 0.334 e. The van der Waals surface area contributed by atoms with Gasteiger partial charge in [-0.2, -0.15) is 0 Å². The van der Waals surface area contributed by atoms with E-state index in [0.717, 1.165) is 21.7 Å². The smallest absolute Gasteiger partial charge is 0.134 e. The third-order valence-electron chi connectivity index (χ3n) is 2.00. The van der Waals surface area contributed by atoms with Crippen LogP contribution in [0.1, 0.15) is 11.1 Å². The number of thiocarbonyl (C=S) groups is 1. The number of halogens is 1. The molecule has 2 heterocycles. The molecule has 0 spiro atoms. The Morgan fingerprint density at radius 2 is 2.42 bits per heavy atom. The zero-order chi connectivity index (χ0) is 8.72. The maximum absolute atomic E-state index is 5.06. The van der Waals surface area contributed by atoms with E-state index >= 15 is 0 Å². The molecule has 1 aromatic heterocycles. The Bertz CT molecular complexity index is 362. The third kappa shape index (κ3) is 1.15. The van der Waals surface area contributed by atoms with Gasteiger partial charge in [0.25, 0.3) is 0 Å². The lowest BCUT2D eigenvalue weighted by Gasteiger charge is -2.02. The van der Waals surface area contributed by atoms with Gasteiger partial charge in [0.2, 0.25) is 0 Å². The fraction of sp³-hybridized carbons (Fsp3) is 0.250. The minimum absolute atomic E-state index is 0.822. The molecule has 0 atom stereocenters. The molecule has 1 aliphatic rings. The number of aromatic nitrogens is 1. The summed E-state index contributed by atoms with van der Waals surface area (Å²) in [5.41, 5.74) is 2.45. The fourth-order valence-corrected chi connectivity index (χ4v) is 1.86. The number of anilines is 1. The lowest BCUT2D eigenvalue weighted by Crippen LogP contribution is -2.01. The average Bonchev–Trinajstić information content (AvgIpc) is 2.39. The predicted molar refractivity (Wildman–Crippen MR) is 56.6 cm³/mol. The Morgan fingerprint density at radius 3 is 3.17 bits per heavy atom. The van der Waals surface area contributed by atoms with Crippen LogP contribution in [-0.4, -0.2) is 9.97 Å². The first-order valence-electron chi connectivity index (χ1n) is 3.62. The molecule has 0 aliphatic carbocycles. The topological polar surface area (TPSA) is 24.9 Å². The van der Waals surface area contributed by atoms with Gasteiger partial charge in [0.15, 0.2) is 0 Å². The molecule has 1 aliphatic heterocycles. The molecular weight excluding hydrogens is 236 g/mol. The quantitative estimate of drug-likeness (QED) is 0.708. The van der Waals surface area contributed by atoms with Crippen LogP contribution in [0.15, 0.2) is 10.7 Å². The van der Waals surface area contributed by atoms with E-state index in [4.69, 9.17) is 12.2 Å². The molecule has 0 saturated carbocycles. The van der Waals surface area contributed by atoms with Gasteiger partial charge in [-0.25, -0.2) is 4.98 Å². The van der Waals surface area contributed by atoms with Crippen molar-refractivity contribution in [2.75, 3.05) is 5.32 Å². The van der Waals surface area contributed by atoms with Crippen molar-refractivity contribution in [3.63, 3.8) is 0 Å². The van der Waals surface area contributed by atoms with Crippen molar-refractivity contribution in [2.45, 2.75) is 13.3 Å². The van der Waals surface area contributed by atoms with Crippen LogP contribution >= 0.6 is 28.1 Å². The fourth-order valence-electron chi connectivity index (χ4n) is 1.28. The summed E-state index contributed by atoms with van der Waals surface area (Å²) >= 11 is 8.50. The number of nitrogens with one attached hydrogen (secondary N) is 1. The molecule has 2 rings (SSSR count). The van der Waals surface area contributed by atoms with E-state index in [9.17, 15) is 0 Å². The zero-order valence-corrected chi connectivity index (χ0v) is 8.92. The van der Waals surface area contributed by atoms with Crippen LogP contribution in [0.25, 0.3) is 0 Å². The van der Waals surface area contributed by atoms with Crippen LogP contribution in [0.4, 0.5) is 5.82 Å². The van der Waals surface area contributed by atoms with E-state index in [2.05, 4.69) is 33.2 Å². The van der Waals surface area contributed by atoms with E-state index in [1.165, 1.54) is 11.1 Å². The molecule has 0 unspecified atom stereocenters. The Hall–Kier alpha value is -0.480. The van der Waals surface area contributed by atoms with E-state index in [1.807, 2.05) is 0 Å². The van der Waals surface area contributed by atoms with Crippen LogP contribution in [0.2, 0.25) is 0 Å². The van der Waals surface area contributed by atoms with Gasteiger partial charge in [-0.15, -0.1) is 0 Å². The number of pyridine rings is 1. The summed E-state index contributed by atoms with van der Waals surface area (Å²) in [4.78, 5) is 5.08. The predicted octanol–water partition coefficient (Wildman–Crippen LogP) is 2.45. The summed E-state index contributed by atoms with van der Waals surface area (Å²) in [6.45, 7) is 2.07. The number of nitrogens with zero attached hydrogens (tertiary/aromatic N) is 1. The van der Waals surface area contributed by atoms with Gasteiger partial charge in [0.05, 0.1) is 4.99 Å². The molecule has 0 aromatic carbocycles. The van der Waals surface area contributed by atoms with E-state index in [0.29, 0.717) is 0 Å². The summed E-state index contributed by atoms with van der Waals surface area (Å²) in [7, 11) is 0. The SMILES string of the molecule is Cc1c(Br)cnc2c1CC(=S)N2. The number of rotatable bonds is 0. The van der Waals surface area contributed by atoms with Gasteiger partial charge < -0.3 is 5.32 Å². The normalized spacial score (nSPS) is 14.3. The van der Waals surface area contributed by atoms with Crippen molar-refractivity contribution in [1.29, 1.82) is 0 Å². The van der Waals surface area contributed by atoms with Gasteiger partial charge >= 0.3 is 0 Å². The van der Waals surface area contributed by atoms with Crippen LogP contribution < -0.4 is 5.32 Å². The van der Waals surface area contributed by atoms with Gasteiger partial charge in [-0.05, 0) is 28.4 Å².